The first-order chi connectivity index (χ1) is 11.5. The minimum Gasteiger partial charge on any atom is -0.279 e. The molecule has 0 aliphatic carbocycles. The average Bonchev–Trinajstić information content (AvgIpc) is 3.11. The molecule has 0 fully saturated rings. The minimum absolute atomic E-state index is 0.00409. The molecule has 122 valence electrons. The van der Waals surface area contributed by atoms with E-state index >= 15 is 0 Å². The monoisotopic (exact) mass is 360 g/mol. The number of nitrogens with one attached hydrogen (secondary N) is 1. The molecule has 0 spiro atoms. The molecular weight excluding hydrogens is 348 g/mol. The van der Waals surface area contributed by atoms with Gasteiger partial charge in [0.15, 0.2) is 0 Å². The second-order valence-corrected chi connectivity index (χ2v) is 7.75. The van der Waals surface area contributed by atoms with Gasteiger partial charge in [-0.05, 0) is 35.2 Å². The van der Waals surface area contributed by atoms with Gasteiger partial charge < -0.3 is 0 Å². The van der Waals surface area contributed by atoms with Gasteiger partial charge in [0.25, 0.3) is 15.7 Å². The number of nitro groups is 1. The molecule has 0 atom stereocenters. The summed E-state index contributed by atoms with van der Waals surface area (Å²) in [6, 6.07) is 16.1. The maximum absolute atomic E-state index is 12.2. The molecular formula is C16H12N2O4S2. The normalized spacial score (nSPS) is 11.2. The van der Waals surface area contributed by atoms with Crippen LogP contribution in [0.2, 0.25) is 0 Å². The number of thiophene rings is 1. The van der Waals surface area contributed by atoms with Crippen molar-refractivity contribution in [3.63, 3.8) is 0 Å². The number of hydrogen-bond acceptors (Lipinski definition) is 5. The largest absolute Gasteiger partial charge is 0.279 e. The minimum atomic E-state index is -3.61. The molecule has 8 heteroatoms. The van der Waals surface area contributed by atoms with Crippen LogP contribution in [0.25, 0.3) is 11.1 Å². The number of rotatable bonds is 5. The van der Waals surface area contributed by atoms with Crippen molar-refractivity contribution in [2.24, 2.45) is 0 Å². The lowest BCUT2D eigenvalue weighted by molar-refractivity contribution is -0.384. The van der Waals surface area contributed by atoms with E-state index in [2.05, 4.69) is 4.72 Å². The third kappa shape index (κ3) is 3.29. The average molecular weight is 360 g/mol. The maximum atomic E-state index is 12.2. The van der Waals surface area contributed by atoms with Gasteiger partial charge in [-0.1, -0.05) is 30.3 Å². The molecule has 1 aromatic heterocycles. The van der Waals surface area contributed by atoms with E-state index in [1.54, 1.807) is 53.9 Å². The van der Waals surface area contributed by atoms with E-state index in [0.29, 0.717) is 16.8 Å². The molecule has 0 amide bonds. The van der Waals surface area contributed by atoms with Gasteiger partial charge in [0.1, 0.15) is 4.21 Å². The van der Waals surface area contributed by atoms with Crippen molar-refractivity contribution in [1.82, 2.24) is 0 Å². The van der Waals surface area contributed by atoms with E-state index in [9.17, 15) is 18.5 Å². The Labute approximate surface area is 142 Å². The molecule has 2 aromatic carbocycles. The van der Waals surface area contributed by atoms with E-state index in [0.717, 1.165) is 11.3 Å². The summed E-state index contributed by atoms with van der Waals surface area (Å²) in [6.45, 7) is 0. The quantitative estimate of drug-likeness (QED) is 0.547. The number of sulfonamides is 1. The van der Waals surface area contributed by atoms with Gasteiger partial charge in [-0.2, -0.15) is 0 Å². The number of nitro benzene ring substituents is 1. The van der Waals surface area contributed by atoms with Crippen molar-refractivity contribution >= 4 is 32.7 Å². The summed E-state index contributed by atoms with van der Waals surface area (Å²) in [5.41, 5.74) is 1.52. The summed E-state index contributed by atoms with van der Waals surface area (Å²) < 4.78 is 27.1. The second kappa shape index (κ2) is 6.42. The van der Waals surface area contributed by atoms with Gasteiger partial charge in [-0.3, -0.25) is 14.8 Å². The van der Waals surface area contributed by atoms with Crippen LogP contribution < -0.4 is 4.72 Å². The molecule has 24 heavy (non-hydrogen) atoms. The van der Waals surface area contributed by atoms with Crippen molar-refractivity contribution in [2.75, 3.05) is 4.72 Å². The predicted octanol–water partition coefficient (Wildman–Crippen LogP) is 4.12. The van der Waals surface area contributed by atoms with Crippen molar-refractivity contribution in [3.8, 4) is 11.1 Å². The lowest BCUT2D eigenvalue weighted by Gasteiger charge is -2.08. The molecule has 3 aromatic rings. The summed E-state index contributed by atoms with van der Waals surface area (Å²) in [7, 11) is -3.61. The second-order valence-electron chi connectivity index (χ2n) is 4.89. The lowest BCUT2D eigenvalue weighted by Crippen LogP contribution is -2.11. The van der Waals surface area contributed by atoms with Crippen molar-refractivity contribution < 1.29 is 13.3 Å². The highest BCUT2D eigenvalue weighted by Gasteiger charge is 2.16. The highest BCUT2D eigenvalue weighted by Crippen LogP contribution is 2.30. The van der Waals surface area contributed by atoms with Crippen LogP contribution in [0.1, 0.15) is 0 Å². The summed E-state index contributed by atoms with van der Waals surface area (Å²) in [6.07, 6.45) is 0. The van der Waals surface area contributed by atoms with Crippen LogP contribution in [0.5, 0.6) is 0 Å². The Morgan fingerprint density at radius 2 is 1.67 bits per heavy atom. The van der Waals surface area contributed by atoms with Gasteiger partial charge in [0.05, 0.1) is 10.5 Å². The van der Waals surface area contributed by atoms with Crippen molar-refractivity contribution in [2.45, 2.75) is 4.21 Å². The van der Waals surface area contributed by atoms with Crippen LogP contribution in [0, 0.1) is 10.1 Å². The van der Waals surface area contributed by atoms with Crippen LogP contribution in [0.15, 0.2) is 70.3 Å². The molecule has 0 aliphatic rings. The lowest BCUT2D eigenvalue weighted by atomic mass is 10.0. The number of anilines is 1. The highest BCUT2D eigenvalue weighted by atomic mass is 32.2. The molecule has 1 heterocycles. The highest BCUT2D eigenvalue weighted by molar-refractivity contribution is 7.94. The SMILES string of the molecule is O=[N+]([O-])c1ccccc1-c1ccc(NS(=O)(=O)c2cccs2)cc1. The van der Waals surface area contributed by atoms with E-state index in [4.69, 9.17) is 0 Å². The summed E-state index contributed by atoms with van der Waals surface area (Å²) in [4.78, 5) is 10.7. The predicted molar refractivity (Wildman–Crippen MR) is 93.7 cm³/mol. The molecule has 0 bridgehead atoms. The molecule has 0 saturated carbocycles. The Morgan fingerprint density at radius 3 is 2.29 bits per heavy atom. The molecule has 0 saturated heterocycles. The fourth-order valence-electron chi connectivity index (χ4n) is 2.22. The zero-order valence-electron chi connectivity index (χ0n) is 12.2. The van der Waals surface area contributed by atoms with Crippen LogP contribution >= 0.6 is 11.3 Å². The first-order valence-electron chi connectivity index (χ1n) is 6.87. The smallest absolute Gasteiger partial charge is 0.277 e. The summed E-state index contributed by atoms with van der Waals surface area (Å²) >= 11 is 1.13. The summed E-state index contributed by atoms with van der Waals surface area (Å²) in [5.74, 6) is 0. The van der Waals surface area contributed by atoms with Crippen molar-refractivity contribution in [1.29, 1.82) is 0 Å². The fraction of sp³-hybridized carbons (Fsp3) is 0. The standard InChI is InChI=1S/C16H12N2O4S2/c19-18(20)15-5-2-1-4-14(15)12-7-9-13(10-8-12)17-24(21,22)16-6-3-11-23-16/h1-11,17H. The van der Waals surface area contributed by atoms with Gasteiger partial charge in [0.2, 0.25) is 0 Å². The summed E-state index contributed by atoms with van der Waals surface area (Å²) in [5, 5.41) is 12.8. The molecule has 1 N–H and O–H groups in total. The topological polar surface area (TPSA) is 89.3 Å². The third-order valence-electron chi connectivity index (χ3n) is 3.31. The molecule has 0 unspecified atom stereocenters. The van der Waals surface area contributed by atoms with Crippen LogP contribution in [0.3, 0.4) is 0 Å². The van der Waals surface area contributed by atoms with Crippen LogP contribution in [-0.4, -0.2) is 13.3 Å². The Balaban J connectivity index is 1.88. The maximum Gasteiger partial charge on any atom is 0.277 e. The van der Waals surface area contributed by atoms with E-state index in [1.165, 1.54) is 12.1 Å². The first-order valence-corrected chi connectivity index (χ1v) is 9.24. The van der Waals surface area contributed by atoms with Gasteiger partial charge in [-0.15, -0.1) is 11.3 Å². The third-order valence-corrected chi connectivity index (χ3v) is 6.09. The Kier molecular flexibility index (Phi) is 4.32. The van der Waals surface area contributed by atoms with Crippen LogP contribution in [0.4, 0.5) is 11.4 Å². The zero-order chi connectivity index (χ0) is 17.2. The van der Waals surface area contributed by atoms with Crippen molar-refractivity contribution in [3.05, 3.63) is 76.2 Å². The Morgan fingerprint density at radius 1 is 0.958 bits per heavy atom. The number of benzene rings is 2. The number of nitrogens with zero attached hydrogens (tertiary/aromatic N) is 1. The zero-order valence-corrected chi connectivity index (χ0v) is 13.9. The number of hydrogen-bond donors (Lipinski definition) is 1. The molecule has 0 aliphatic heterocycles. The van der Waals surface area contributed by atoms with E-state index in [1.807, 2.05) is 0 Å². The van der Waals surface area contributed by atoms with E-state index in [-0.39, 0.29) is 9.90 Å². The van der Waals surface area contributed by atoms with Crippen LogP contribution in [-0.2, 0) is 10.0 Å². The van der Waals surface area contributed by atoms with Gasteiger partial charge in [0, 0.05) is 11.8 Å². The molecule has 3 rings (SSSR count). The molecule has 0 radical (unpaired) electrons. The van der Waals surface area contributed by atoms with E-state index < -0.39 is 14.9 Å². The number of para-hydroxylation sites is 1. The van der Waals surface area contributed by atoms with Gasteiger partial charge >= 0.3 is 0 Å². The Hall–Kier alpha value is -2.71. The van der Waals surface area contributed by atoms with Gasteiger partial charge in [-0.25, -0.2) is 8.42 Å². The first kappa shape index (κ1) is 16.2. The Bertz CT molecular complexity index is 966. The molecule has 6 nitrogen and oxygen atoms in total. The fourth-order valence-corrected chi connectivity index (χ4v) is 4.27.